The fraction of sp³-hybridized carbons (Fsp3) is 0.522. The molecule has 0 atom stereocenters. The van der Waals surface area contributed by atoms with Crippen LogP contribution in [0.4, 0.5) is 0 Å². The van der Waals surface area contributed by atoms with Crippen molar-refractivity contribution in [3.63, 3.8) is 0 Å². The number of thioether (sulfide) groups is 1. The molecule has 0 bridgehead atoms. The molecule has 2 aliphatic rings. The number of hydrogen-bond acceptors (Lipinski definition) is 4. The van der Waals surface area contributed by atoms with Crippen LogP contribution in [0.1, 0.15) is 42.7 Å². The minimum absolute atomic E-state index is 0.279. The molecule has 2 aliphatic heterocycles. The molecule has 0 unspecified atom stereocenters. The van der Waals surface area contributed by atoms with E-state index < -0.39 is 0 Å². The van der Waals surface area contributed by atoms with Crippen molar-refractivity contribution in [3.05, 3.63) is 51.7 Å². The van der Waals surface area contributed by atoms with Crippen molar-refractivity contribution in [2.45, 2.75) is 62.3 Å². The predicted octanol–water partition coefficient (Wildman–Crippen LogP) is 4.84. The molecule has 150 valence electrons. The van der Waals surface area contributed by atoms with Crippen LogP contribution in [0.5, 0.6) is 0 Å². The molecule has 4 rings (SSSR count). The average molecular weight is 415 g/mol. The molecule has 1 aromatic heterocycles. The number of nitrogens with zero attached hydrogens (tertiary/aromatic N) is 2. The fourth-order valence-corrected chi connectivity index (χ4v) is 6.03. The Morgan fingerprint density at radius 1 is 1.14 bits per heavy atom. The average Bonchev–Trinajstić information content (AvgIpc) is 3.17. The van der Waals surface area contributed by atoms with Crippen LogP contribution in [0.25, 0.3) is 0 Å². The second-order valence-electron chi connectivity index (χ2n) is 8.19. The molecule has 0 N–H and O–H groups in total. The molecule has 2 aromatic rings. The van der Waals surface area contributed by atoms with Gasteiger partial charge in [-0.15, -0.1) is 23.1 Å². The van der Waals surface area contributed by atoms with E-state index in [9.17, 15) is 4.79 Å². The van der Waals surface area contributed by atoms with Gasteiger partial charge >= 0.3 is 0 Å². The maximum Gasteiger partial charge on any atom is 0.226 e. The van der Waals surface area contributed by atoms with E-state index in [1.54, 1.807) is 4.88 Å². The van der Waals surface area contributed by atoms with Gasteiger partial charge in [0.1, 0.15) is 0 Å². The number of thiophene rings is 1. The van der Waals surface area contributed by atoms with Gasteiger partial charge < -0.3 is 4.90 Å². The number of amides is 1. The van der Waals surface area contributed by atoms with E-state index >= 15 is 0 Å². The molecule has 3 heterocycles. The van der Waals surface area contributed by atoms with E-state index in [0.29, 0.717) is 17.7 Å². The number of likely N-dealkylation sites (tertiary alicyclic amines) is 1. The zero-order chi connectivity index (χ0) is 19.5. The molecule has 0 saturated carbocycles. The van der Waals surface area contributed by atoms with Crippen LogP contribution in [-0.4, -0.2) is 46.6 Å². The number of carbonyl (C=O) groups excluding carboxylic acids is 1. The molecule has 0 spiro atoms. The Morgan fingerprint density at radius 2 is 1.89 bits per heavy atom. The van der Waals surface area contributed by atoms with E-state index in [4.69, 9.17) is 0 Å². The topological polar surface area (TPSA) is 23.6 Å². The lowest BCUT2D eigenvalue weighted by Gasteiger charge is -2.40. The monoisotopic (exact) mass is 414 g/mol. The molecule has 1 saturated heterocycles. The first kappa shape index (κ1) is 20.0. The third-order valence-electron chi connectivity index (χ3n) is 5.82. The Morgan fingerprint density at radius 3 is 2.61 bits per heavy atom. The van der Waals surface area contributed by atoms with Crippen LogP contribution in [-0.2, 0) is 24.2 Å². The van der Waals surface area contributed by atoms with Crippen molar-refractivity contribution in [2.75, 3.05) is 19.6 Å². The Labute approximate surface area is 177 Å². The zero-order valence-electron chi connectivity index (χ0n) is 16.9. The molecule has 1 aromatic carbocycles. The summed E-state index contributed by atoms with van der Waals surface area (Å²) in [7, 11) is 0. The van der Waals surface area contributed by atoms with Gasteiger partial charge in [-0.2, -0.15) is 0 Å². The fourth-order valence-electron chi connectivity index (χ4n) is 4.31. The van der Waals surface area contributed by atoms with Crippen LogP contribution >= 0.6 is 23.1 Å². The molecule has 1 fully saturated rings. The lowest BCUT2D eigenvalue weighted by Crippen LogP contribution is -2.48. The first-order valence-electron chi connectivity index (χ1n) is 10.4. The van der Waals surface area contributed by atoms with Crippen molar-refractivity contribution < 1.29 is 4.79 Å². The first-order valence-corrected chi connectivity index (χ1v) is 12.2. The number of hydrogen-bond donors (Lipinski definition) is 0. The summed E-state index contributed by atoms with van der Waals surface area (Å²) in [6.07, 6.45) is 3.93. The Kier molecular flexibility index (Phi) is 6.44. The summed E-state index contributed by atoms with van der Waals surface area (Å²) in [5.74, 6) is 0.279. The third-order valence-corrected chi connectivity index (χ3v) is 7.86. The molecular weight excluding hydrogens is 384 g/mol. The number of fused-ring (bicyclic) bond motifs is 1. The summed E-state index contributed by atoms with van der Waals surface area (Å²) in [5, 5.41) is 2.81. The van der Waals surface area contributed by atoms with Gasteiger partial charge in [0, 0.05) is 47.2 Å². The maximum absolute atomic E-state index is 12.8. The Balaban J connectivity index is 1.26. The third kappa shape index (κ3) is 4.81. The molecular formula is C23H30N2OS2. The summed E-state index contributed by atoms with van der Waals surface area (Å²) >= 11 is 3.77. The summed E-state index contributed by atoms with van der Waals surface area (Å²) in [6.45, 7) is 8.48. The van der Waals surface area contributed by atoms with Gasteiger partial charge in [-0.1, -0.05) is 26.0 Å². The van der Waals surface area contributed by atoms with Gasteiger partial charge in [-0.25, -0.2) is 0 Å². The Hall–Kier alpha value is -1.30. The number of rotatable bonds is 5. The highest BCUT2D eigenvalue weighted by molar-refractivity contribution is 7.99. The minimum atomic E-state index is 0.279. The van der Waals surface area contributed by atoms with Gasteiger partial charge in [0.2, 0.25) is 5.91 Å². The van der Waals surface area contributed by atoms with E-state index in [-0.39, 0.29) is 5.91 Å². The quantitative estimate of drug-likeness (QED) is 0.654. The molecule has 5 heteroatoms. The van der Waals surface area contributed by atoms with Crippen LogP contribution < -0.4 is 0 Å². The van der Waals surface area contributed by atoms with E-state index in [0.717, 1.165) is 38.0 Å². The number of carbonyl (C=O) groups is 1. The lowest BCUT2D eigenvalue weighted by molar-refractivity contribution is -0.132. The molecule has 1 amide bonds. The van der Waals surface area contributed by atoms with Crippen molar-refractivity contribution in [2.24, 2.45) is 0 Å². The largest absolute Gasteiger partial charge is 0.342 e. The van der Waals surface area contributed by atoms with Gasteiger partial charge in [0.15, 0.2) is 0 Å². The normalized spacial score (nSPS) is 18.5. The highest BCUT2D eigenvalue weighted by Gasteiger charge is 2.29. The number of benzene rings is 1. The highest BCUT2D eigenvalue weighted by atomic mass is 32.2. The zero-order valence-corrected chi connectivity index (χ0v) is 18.5. The number of piperidine rings is 1. The van der Waals surface area contributed by atoms with Crippen molar-refractivity contribution in [3.8, 4) is 0 Å². The van der Waals surface area contributed by atoms with Crippen LogP contribution in [0.2, 0.25) is 0 Å². The van der Waals surface area contributed by atoms with Crippen molar-refractivity contribution in [1.29, 1.82) is 0 Å². The standard InChI is InChI=1S/C23H30N2OS2/c1-17(2)28-21-5-3-18(4-6-21)15-23(26)24-11-7-20(8-12-24)25-13-9-22-19(16-25)10-14-27-22/h3-6,10,14,17,20H,7-9,11-13,15-16H2,1-2H3. The highest BCUT2D eigenvalue weighted by Crippen LogP contribution is 2.28. The first-order chi connectivity index (χ1) is 13.6. The van der Waals surface area contributed by atoms with Crippen LogP contribution in [0.3, 0.4) is 0 Å². The molecule has 0 radical (unpaired) electrons. The lowest BCUT2D eigenvalue weighted by atomic mass is 9.99. The second-order valence-corrected chi connectivity index (χ2v) is 10.8. The predicted molar refractivity (Wildman–Crippen MR) is 119 cm³/mol. The summed E-state index contributed by atoms with van der Waals surface area (Å²) < 4.78 is 0. The van der Waals surface area contributed by atoms with Gasteiger partial charge in [0.05, 0.1) is 6.42 Å². The summed E-state index contributed by atoms with van der Waals surface area (Å²) in [5.41, 5.74) is 2.65. The smallest absolute Gasteiger partial charge is 0.226 e. The van der Waals surface area contributed by atoms with Crippen LogP contribution in [0.15, 0.2) is 40.6 Å². The molecule has 0 aliphatic carbocycles. The van der Waals surface area contributed by atoms with E-state index in [2.05, 4.69) is 59.4 Å². The van der Waals surface area contributed by atoms with Gasteiger partial charge in [-0.3, -0.25) is 9.69 Å². The van der Waals surface area contributed by atoms with E-state index in [1.807, 2.05) is 23.1 Å². The summed E-state index contributed by atoms with van der Waals surface area (Å²) in [6, 6.07) is 11.4. The Bertz CT molecular complexity index is 791. The second kappa shape index (κ2) is 9.02. The molecule has 28 heavy (non-hydrogen) atoms. The van der Waals surface area contributed by atoms with Crippen molar-refractivity contribution >= 4 is 29.0 Å². The van der Waals surface area contributed by atoms with Crippen molar-refractivity contribution in [1.82, 2.24) is 9.80 Å². The van der Waals surface area contributed by atoms with Gasteiger partial charge in [0.25, 0.3) is 0 Å². The minimum Gasteiger partial charge on any atom is -0.342 e. The van der Waals surface area contributed by atoms with Crippen LogP contribution in [0, 0.1) is 0 Å². The van der Waals surface area contributed by atoms with E-state index in [1.165, 1.54) is 23.4 Å². The SMILES string of the molecule is CC(C)Sc1ccc(CC(=O)N2CCC(N3CCc4sccc4C3)CC2)cc1. The molecule has 3 nitrogen and oxygen atoms in total. The maximum atomic E-state index is 12.8. The van der Waals surface area contributed by atoms with Gasteiger partial charge in [-0.05, 0) is 54.0 Å². The summed E-state index contributed by atoms with van der Waals surface area (Å²) in [4.78, 5) is 20.3.